The van der Waals surface area contributed by atoms with Crippen LogP contribution in [0.25, 0.3) is 0 Å². The second kappa shape index (κ2) is 5.79. The maximum absolute atomic E-state index is 5.58. The first-order valence-corrected chi connectivity index (χ1v) is 5.96. The summed E-state index contributed by atoms with van der Waals surface area (Å²) in [6.07, 6.45) is 0.543. The number of nitrogens with two attached hydrogens (primary N) is 1. The molecule has 1 aliphatic rings. The zero-order chi connectivity index (χ0) is 13.8. The van der Waals surface area contributed by atoms with Crippen LogP contribution in [0.4, 0.5) is 0 Å². The topological polar surface area (TPSA) is 75.3 Å². The van der Waals surface area contributed by atoms with E-state index in [1.807, 2.05) is 0 Å². The lowest BCUT2D eigenvalue weighted by atomic mass is 10.0. The number of hydrogen-bond donors (Lipinski definition) is 1. The van der Waals surface area contributed by atoms with Gasteiger partial charge in [0.1, 0.15) is 23.4 Å². The second-order valence-corrected chi connectivity index (χ2v) is 4.11. The van der Waals surface area contributed by atoms with E-state index in [9.17, 15) is 0 Å². The summed E-state index contributed by atoms with van der Waals surface area (Å²) in [5, 5.41) is 4.07. The highest BCUT2D eigenvalue weighted by Gasteiger charge is 2.26. The van der Waals surface area contributed by atoms with E-state index < -0.39 is 0 Å². The van der Waals surface area contributed by atoms with E-state index in [4.69, 9.17) is 24.8 Å². The largest absolute Gasteiger partial charge is 0.496 e. The molecular weight excluding hydrogens is 248 g/mol. The molecule has 0 amide bonds. The van der Waals surface area contributed by atoms with Gasteiger partial charge in [0.2, 0.25) is 0 Å². The van der Waals surface area contributed by atoms with Crippen molar-refractivity contribution in [2.45, 2.75) is 12.5 Å². The van der Waals surface area contributed by atoms with Gasteiger partial charge in [0.05, 0.1) is 32.6 Å². The summed E-state index contributed by atoms with van der Waals surface area (Å²) in [5.74, 6) is 1.93. The predicted molar refractivity (Wildman–Crippen MR) is 71.2 cm³/mol. The highest BCUT2D eigenvalue weighted by molar-refractivity contribution is 6.06. The minimum absolute atomic E-state index is 0.0912. The maximum Gasteiger partial charge on any atom is 0.145 e. The molecule has 6 nitrogen and oxygen atoms in total. The van der Waals surface area contributed by atoms with Crippen molar-refractivity contribution in [3.8, 4) is 17.2 Å². The standard InChI is InChI=1S/C13H18N2O4/c1-16-8-5-11(17-2)13(12(6-8)18-3)10-4-9(7-14)19-15-10/h5-6,9H,4,7,14H2,1-3H3. The first-order chi connectivity index (χ1) is 9.23. The quantitative estimate of drug-likeness (QED) is 0.865. The summed E-state index contributed by atoms with van der Waals surface area (Å²) in [4.78, 5) is 5.25. The third-order valence-corrected chi connectivity index (χ3v) is 3.00. The average molecular weight is 266 g/mol. The van der Waals surface area contributed by atoms with E-state index >= 15 is 0 Å². The zero-order valence-electron chi connectivity index (χ0n) is 11.3. The summed E-state index contributed by atoms with van der Waals surface area (Å²) < 4.78 is 16.0. The van der Waals surface area contributed by atoms with Crippen molar-refractivity contribution in [2.75, 3.05) is 27.9 Å². The molecule has 1 atom stereocenters. The summed E-state index contributed by atoms with van der Waals surface area (Å²) in [7, 11) is 4.78. The number of nitrogens with zero attached hydrogens (tertiary/aromatic N) is 1. The molecule has 1 aromatic carbocycles. The SMILES string of the molecule is COc1cc(OC)c(C2=NOC(CN)C2)c(OC)c1. The Morgan fingerprint density at radius 1 is 1.21 bits per heavy atom. The average Bonchev–Trinajstić information content (AvgIpc) is 2.94. The lowest BCUT2D eigenvalue weighted by molar-refractivity contribution is 0.0918. The van der Waals surface area contributed by atoms with Crippen molar-refractivity contribution < 1.29 is 19.0 Å². The fraction of sp³-hybridized carbons (Fsp3) is 0.462. The normalized spacial score (nSPS) is 17.7. The molecule has 6 heteroatoms. The summed E-state index contributed by atoms with van der Waals surface area (Å²) >= 11 is 0. The van der Waals surface area contributed by atoms with Gasteiger partial charge in [0.15, 0.2) is 0 Å². The molecule has 1 aliphatic heterocycles. The molecule has 19 heavy (non-hydrogen) atoms. The van der Waals surface area contributed by atoms with Gasteiger partial charge in [0, 0.05) is 25.1 Å². The van der Waals surface area contributed by atoms with E-state index in [1.54, 1.807) is 33.5 Å². The van der Waals surface area contributed by atoms with Gasteiger partial charge in [-0.2, -0.15) is 0 Å². The molecule has 2 rings (SSSR count). The van der Waals surface area contributed by atoms with Crippen molar-refractivity contribution in [1.29, 1.82) is 0 Å². The van der Waals surface area contributed by atoms with E-state index in [-0.39, 0.29) is 6.10 Å². The van der Waals surface area contributed by atoms with Crippen LogP contribution in [0, 0.1) is 0 Å². The van der Waals surface area contributed by atoms with Gasteiger partial charge >= 0.3 is 0 Å². The molecule has 0 aromatic heterocycles. The van der Waals surface area contributed by atoms with Crippen LogP contribution < -0.4 is 19.9 Å². The van der Waals surface area contributed by atoms with Gasteiger partial charge in [-0.3, -0.25) is 0 Å². The lowest BCUT2D eigenvalue weighted by Crippen LogP contribution is -2.20. The van der Waals surface area contributed by atoms with Gasteiger partial charge < -0.3 is 24.8 Å². The Morgan fingerprint density at radius 3 is 2.26 bits per heavy atom. The maximum atomic E-state index is 5.58. The molecule has 0 spiro atoms. The Labute approximate surface area is 112 Å². The Bertz CT molecular complexity index is 463. The van der Waals surface area contributed by atoms with Crippen molar-refractivity contribution >= 4 is 5.71 Å². The number of oxime groups is 1. The van der Waals surface area contributed by atoms with Crippen LogP contribution in [-0.2, 0) is 4.84 Å². The molecule has 104 valence electrons. The number of ether oxygens (including phenoxy) is 3. The third-order valence-electron chi connectivity index (χ3n) is 3.00. The van der Waals surface area contributed by atoms with Crippen molar-refractivity contribution in [3.05, 3.63) is 17.7 Å². The van der Waals surface area contributed by atoms with Crippen molar-refractivity contribution in [1.82, 2.24) is 0 Å². The number of hydrogen-bond acceptors (Lipinski definition) is 6. The smallest absolute Gasteiger partial charge is 0.145 e. The van der Waals surface area contributed by atoms with Gasteiger partial charge in [-0.05, 0) is 0 Å². The molecule has 0 radical (unpaired) electrons. The summed E-state index contributed by atoms with van der Waals surface area (Å²) in [6.45, 7) is 0.424. The highest BCUT2D eigenvalue weighted by Crippen LogP contribution is 2.36. The first kappa shape index (κ1) is 13.5. The molecule has 0 saturated heterocycles. The molecule has 1 unspecified atom stereocenters. The van der Waals surface area contributed by atoms with Crippen molar-refractivity contribution in [2.24, 2.45) is 10.9 Å². The Hall–Kier alpha value is -1.95. The van der Waals surface area contributed by atoms with Crippen molar-refractivity contribution in [3.63, 3.8) is 0 Å². The highest BCUT2D eigenvalue weighted by atomic mass is 16.6. The van der Waals surface area contributed by atoms with E-state index in [1.165, 1.54) is 0 Å². The second-order valence-electron chi connectivity index (χ2n) is 4.11. The van der Waals surface area contributed by atoms with Crippen LogP contribution in [0.2, 0.25) is 0 Å². The Balaban J connectivity index is 2.43. The molecule has 0 aliphatic carbocycles. The van der Waals surface area contributed by atoms with Crippen LogP contribution in [0.5, 0.6) is 17.2 Å². The third kappa shape index (κ3) is 2.58. The van der Waals surface area contributed by atoms with Crippen LogP contribution in [-0.4, -0.2) is 39.7 Å². The monoisotopic (exact) mass is 266 g/mol. The summed E-state index contributed by atoms with van der Waals surface area (Å²) in [5.41, 5.74) is 7.13. The van der Waals surface area contributed by atoms with Gasteiger partial charge in [-0.15, -0.1) is 0 Å². The Morgan fingerprint density at radius 2 is 1.84 bits per heavy atom. The van der Waals surface area contributed by atoms with Crippen LogP contribution >= 0.6 is 0 Å². The zero-order valence-corrected chi connectivity index (χ0v) is 11.3. The number of methoxy groups -OCH3 is 3. The molecule has 1 aromatic rings. The van der Waals surface area contributed by atoms with Gasteiger partial charge in [-0.1, -0.05) is 5.16 Å². The van der Waals surface area contributed by atoms with Gasteiger partial charge in [-0.25, -0.2) is 0 Å². The fourth-order valence-corrected chi connectivity index (χ4v) is 1.99. The molecule has 0 bridgehead atoms. The van der Waals surface area contributed by atoms with Crippen LogP contribution in [0.1, 0.15) is 12.0 Å². The first-order valence-electron chi connectivity index (χ1n) is 5.96. The summed E-state index contributed by atoms with van der Waals surface area (Å²) in [6, 6.07) is 3.58. The molecule has 2 N–H and O–H groups in total. The lowest BCUT2D eigenvalue weighted by Gasteiger charge is -2.14. The van der Waals surface area contributed by atoms with Crippen LogP contribution in [0.3, 0.4) is 0 Å². The van der Waals surface area contributed by atoms with E-state index in [0.29, 0.717) is 30.2 Å². The van der Waals surface area contributed by atoms with Crippen LogP contribution in [0.15, 0.2) is 17.3 Å². The minimum Gasteiger partial charge on any atom is -0.496 e. The molecule has 0 fully saturated rings. The fourth-order valence-electron chi connectivity index (χ4n) is 1.99. The minimum atomic E-state index is -0.0912. The molecule has 0 saturated carbocycles. The van der Waals surface area contributed by atoms with E-state index in [2.05, 4.69) is 5.16 Å². The van der Waals surface area contributed by atoms with E-state index in [0.717, 1.165) is 11.3 Å². The number of rotatable bonds is 5. The Kier molecular flexibility index (Phi) is 4.11. The van der Waals surface area contributed by atoms with Gasteiger partial charge in [0.25, 0.3) is 0 Å². The molecular formula is C13H18N2O4. The molecule has 1 heterocycles. The predicted octanol–water partition coefficient (Wildman–Crippen LogP) is 1.16. The number of benzene rings is 1.